The van der Waals surface area contributed by atoms with Gasteiger partial charge in [0.2, 0.25) is 0 Å². The number of esters is 1. The number of fused-ring (bicyclic) bond motifs is 18. The summed E-state index contributed by atoms with van der Waals surface area (Å²) in [6.45, 7) is 35.4. The topological polar surface area (TPSA) is 374 Å². The molecule has 0 radical (unpaired) electrons. The van der Waals surface area contributed by atoms with Crippen molar-refractivity contribution < 1.29 is 42.9 Å². The fourth-order valence-corrected chi connectivity index (χ4v) is 15.9. The Kier molecular flexibility index (Phi) is 20.7. The minimum Gasteiger partial charge on any atom is -0.478 e. The number of nitrogens with zero attached hydrogens (tertiary/aromatic N) is 18. The van der Waals surface area contributed by atoms with Crippen LogP contribution in [0.4, 0.5) is 42.9 Å². The summed E-state index contributed by atoms with van der Waals surface area (Å²) >= 11 is 6.62. The fourth-order valence-electron chi connectivity index (χ4n) is 15.0. The number of carbonyl (C=O) groups excluding carboxylic acids is 3. The van der Waals surface area contributed by atoms with E-state index in [0.29, 0.717) is 61.5 Å². The molecule has 114 heavy (non-hydrogen) atoms. The highest BCUT2D eigenvalue weighted by Crippen LogP contribution is 2.47. The van der Waals surface area contributed by atoms with Gasteiger partial charge in [-0.2, -0.15) is 0 Å². The molecule has 18 rings (SSSR count). The number of aromatic nitrogens is 18. The van der Waals surface area contributed by atoms with Crippen molar-refractivity contribution in [1.82, 2.24) is 88.6 Å². The number of hydrogen-bond donors (Lipinski definition) is 8. The predicted molar refractivity (Wildman–Crippen MR) is 432 cm³/mol. The number of aldehydes is 2. The molecule has 0 saturated carbocycles. The third kappa shape index (κ3) is 13.9. The zero-order valence-corrected chi connectivity index (χ0v) is 69.3. The molecule has 8 N–H and O–H groups in total. The molecule has 12 aromatic rings. The van der Waals surface area contributed by atoms with Gasteiger partial charge in [-0.05, 0) is 207 Å². The maximum Gasteiger partial charge on any atom is 0.340 e. The lowest BCUT2D eigenvalue weighted by molar-refractivity contribution is 0.0599. The molecule has 6 aromatic carbocycles. The molecule has 35 heteroatoms. The van der Waals surface area contributed by atoms with Crippen molar-refractivity contribution in [3.05, 3.63) is 209 Å². The van der Waals surface area contributed by atoms with Crippen LogP contribution >= 0.6 is 31.9 Å². The van der Waals surface area contributed by atoms with Crippen LogP contribution in [0.5, 0.6) is 0 Å². The summed E-state index contributed by atoms with van der Waals surface area (Å²) in [7, 11) is 1.38. The van der Waals surface area contributed by atoms with Crippen LogP contribution in [0.2, 0.25) is 0 Å². The molecule has 0 spiro atoms. The Hall–Kier alpha value is -12.0. The summed E-state index contributed by atoms with van der Waals surface area (Å²) in [6.07, 6.45) is -0.870. The number of alkyl halides is 2. The molecule has 0 saturated heterocycles. The summed E-state index contributed by atoms with van der Waals surface area (Å²) in [5.41, 5.74) is 10.2. The van der Waals surface area contributed by atoms with Crippen LogP contribution < -0.4 is 31.9 Å². The first kappa shape index (κ1) is 80.1. The van der Waals surface area contributed by atoms with E-state index in [1.54, 1.807) is 47.9 Å². The average molecular weight is 1680 g/mol. The van der Waals surface area contributed by atoms with Gasteiger partial charge in [0.15, 0.2) is 47.5 Å². The fraction of sp³-hybridized carbons (Fsp3) is 0.342. The molecule has 31 nitrogen and oxygen atoms in total. The molecular weight excluding hydrogens is 1590 g/mol. The number of anilines is 6. The number of methoxy groups -OCH3 is 1. The first-order chi connectivity index (χ1) is 53.7. The van der Waals surface area contributed by atoms with E-state index in [0.717, 1.165) is 120 Å². The first-order valence-electron chi connectivity index (χ1n) is 36.3. The number of carbonyl (C=O) groups is 4. The molecular formula is C79H86Br2F2N24O7. The summed E-state index contributed by atoms with van der Waals surface area (Å²) in [6, 6.07) is 29.5. The van der Waals surface area contributed by atoms with Gasteiger partial charge in [-0.3, -0.25) is 37.0 Å². The number of para-hydroxylation sites is 4. The Morgan fingerprint density at radius 1 is 0.412 bits per heavy atom. The lowest BCUT2D eigenvalue weighted by Crippen LogP contribution is -2.36. The van der Waals surface area contributed by atoms with Crippen LogP contribution in [0.15, 0.2) is 106 Å². The molecule has 6 aromatic heterocycles. The predicted octanol–water partition coefficient (Wildman–Crippen LogP) is 14.5. The van der Waals surface area contributed by atoms with Gasteiger partial charge in [0.05, 0.1) is 137 Å². The Morgan fingerprint density at radius 2 is 0.719 bits per heavy atom. The van der Waals surface area contributed by atoms with Crippen molar-refractivity contribution in [2.45, 2.75) is 171 Å². The molecule has 592 valence electrons. The van der Waals surface area contributed by atoms with Crippen LogP contribution in [0.25, 0.3) is 34.1 Å². The third-order valence-corrected chi connectivity index (χ3v) is 21.6. The van der Waals surface area contributed by atoms with Gasteiger partial charge in [-0.25, -0.2) is 18.4 Å². The van der Waals surface area contributed by atoms with Crippen molar-refractivity contribution in [2.75, 3.05) is 39.0 Å². The third-order valence-electron chi connectivity index (χ3n) is 20.2. The number of nitrogens with one attached hydrogen (secondary N) is 6. The molecule has 6 aliphatic heterocycles. The number of rotatable bonds is 6. The molecule has 0 fully saturated rings. The Bertz CT molecular complexity index is 5860. The van der Waals surface area contributed by atoms with Gasteiger partial charge in [-0.1, -0.05) is 46.3 Å². The van der Waals surface area contributed by atoms with E-state index in [2.05, 4.69) is 139 Å². The molecule has 6 aliphatic rings. The van der Waals surface area contributed by atoms with E-state index in [1.807, 2.05) is 187 Å². The molecule has 0 unspecified atom stereocenters. The van der Waals surface area contributed by atoms with Crippen LogP contribution in [0, 0.1) is 41.5 Å². The quantitative estimate of drug-likeness (QED) is 0.0566. The second-order valence-electron chi connectivity index (χ2n) is 31.1. The number of ether oxygens (including phenoxy) is 1. The van der Waals surface area contributed by atoms with E-state index in [4.69, 9.17) is 4.74 Å². The molecule has 12 heterocycles. The van der Waals surface area contributed by atoms with Crippen molar-refractivity contribution in [1.29, 1.82) is 0 Å². The zero-order valence-electron chi connectivity index (χ0n) is 66.2. The number of aliphatic hydroxyl groups is 1. The van der Waals surface area contributed by atoms with Gasteiger partial charge in [0.25, 0.3) is 6.43 Å². The second-order valence-corrected chi connectivity index (χ2v) is 32.8. The molecule has 0 bridgehead atoms. The number of aliphatic hydroxyl groups excluding tert-OH is 1. The van der Waals surface area contributed by atoms with Gasteiger partial charge >= 0.3 is 11.9 Å². The van der Waals surface area contributed by atoms with Gasteiger partial charge in [-0.15, -0.1) is 61.2 Å². The number of benzene rings is 6. The van der Waals surface area contributed by atoms with Gasteiger partial charge < -0.3 is 46.9 Å². The second kappa shape index (κ2) is 29.5. The van der Waals surface area contributed by atoms with Gasteiger partial charge in [0, 0.05) is 20.1 Å². The zero-order chi connectivity index (χ0) is 82.5. The van der Waals surface area contributed by atoms with Crippen LogP contribution in [-0.4, -0.2) is 130 Å². The number of halogens is 4. The molecule has 0 amide bonds. The summed E-state index contributed by atoms with van der Waals surface area (Å²) < 4.78 is 44.2. The highest BCUT2D eigenvalue weighted by Gasteiger charge is 2.43. The van der Waals surface area contributed by atoms with Crippen LogP contribution in [-0.2, 0) is 44.6 Å². The van der Waals surface area contributed by atoms with Crippen molar-refractivity contribution in [3.63, 3.8) is 0 Å². The average Bonchev–Trinajstić information content (AvgIpc) is 1.71. The number of hydrogen-bond acceptors (Lipinski definition) is 24. The smallest absolute Gasteiger partial charge is 0.340 e. The minimum atomic E-state index is -2.59. The highest BCUT2D eigenvalue weighted by atomic mass is 79.9. The number of aryl methyl sites for hydroxylation is 6. The van der Waals surface area contributed by atoms with Crippen LogP contribution in [0.1, 0.15) is 212 Å². The Balaban J connectivity index is 0.000000119. The Labute approximate surface area is 671 Å². The van der Waals surface area contributed by atoms with Crippen molar-refractivity contribution >= 4 is 90.5 Å². The summed E-state index contributed by atoms with van der Waals surface area (Å²) in [5, 5.41) is 88.9. The lowest BCUT2D eigenvalue weighted by atomic mass is 9.98. The van der Waals surface area contributed by atoms with E-state index >= 15 is 0 Å². The van der Waals surface area contributed by atoms with Crippen LogP contribution in [0.3, 0.4) is 0 Å². The minimum absolute atomic E-state index is 0.00232. The summed E-state index contributed by atoms with van der Waals surface area (Å²) in [4.78, 5) is 46.0. The SMILES string of the molecule is COC(=O)c1cccc2c1-n1c(C)nnc1C(C)(C)N2.Cc1nnc2n1-c1c(C=O)cccc1NC2(C)C.Cc1nnc2n1-c1c(CO)cccc1NC2(C)C.Cc1nnc2n1-c1c(ccc(Br)c1C(F)F)NC2(C)C.Cc1nnc2n1-c1c(ccc(Br)c1C=O)NC2(C)C.Cc1nnc2n1-c1c(cccc1C(=O)O)NC2(C)C. The number of carboxylic acid groups (broad SMARTS) is 1. The monoisotopic (exact) mass is 1680 g/mol. The molecule has 0 atom stereocenters. The van der Waals surface area contributed by atoms with Crippen molar-refractivity contribution in [3.8, 4) is 34.1 Å². The normalized spacial score (nSPS) is 15.4. The first-order valence-corrected chi connectivity index (χ1v) is 37.9. The number of carboxylic acids is 1. The van der Waals surface area contributed by atoms with Crippen molar-refractivity contribution in [2.24, 2.45) is 0 Å². The van der Waals surface area contributed by atoms with E-state index in [1.165, 1.54) is 7.11 Å². The van der Waals surface area contributed by atoms with E-state index < -0.39 is 23.5 Å². The van der Waals surface area contributed by atoms with E-state index in [9.17, 15) is 38.2 Å². The maximum absolute atomic E-state index is 13.4. The van der Waals surface area contributed by atoms with E-state index in [-0.39, 0.29) is 45.9 Å². The standard InChI is InChI=1S/C14H16N4O2.C13H13BrF2N4.C13H13BrN4O.C13H14N4O2.C13H16N4O.C13H14N4O/c1-8-16-17-13-14(2,3)15-10-7-5-6-9(12(19)20-4)11(10)18(8)13;1-6-18-19-12-13(2,3)17-8-5-4-7(14)9(11(15)16)10(8)20(6)12;1-7-16-17-12-13(2,3)15-10-5-4-9(14)8(6-19)11(10)18(7)12;1-7-15-16-12-13(2,3)14-9-6-4-5-8(11(18)19)10(9)17(7)12;2*1-8-15-16-12-13(2,3)14-10-6-4-5-9(7-18)11(10)17(8)12/h5-7,15H,1-4H3;4-5,11,17H,1-3H3;4-6,15H,1-3H3;4-6,14H,1-3H3,(H,18,19);4-6,14,18H,7H2,1-3H3;4-7,14H,1-3H3. The van der Waals surface area contributed by atoms with Gasteiger partial charge in [0.1, 0.15) is 34.9 Å². The number of aromatic carboxylic acids is 1. The Morgan fingerprint density at radius 3 is 1.09 bits per heavy atom. The largest absolute Gasteiger partial charge is 0.478 e. The lowest BCUT2D eigenvalue weighted by Gasteiger charge is -2.35. The molecule has 0 aliphatic carbocycles. The highest BCUT2D eigenvalue weighted by molar-refractivity contribution is 9.10. The summed E-state index contributed by atoms with van der Waals surface area (Å²) in [5.74, 6) is 7.69. The maximum atomic E-state index is 13.4.